The maximum absolute atomic E-state index is 11.6. The number of hydrogen-bond acceptors (Lipinski definition) is 3. The summed E-state index contributed by atoms with van der Waals surface area (Å²) in [5.41, 5.74) is -0.503. The zero-order chi connectivity index (χ0) is 14.7. The van der Waals surface area contributed by atoms with Crippen molar-refractivity contribution < 1.29 is 14.3 Å². The Bertz CT molecular complexity index is 264. The molecule has 0 bridgehead atoms. The minimum atomic E-state index is -0.503. The zero-order valence-electron chi connectivity index (χ0n) is 13.1. The van der Waals surface area contributed by atoms with Gasteiger partial charge >= 0.3 is 5.97 Å². The summed E-state index contributed by atoms with van der Waals surface area (Å²) in [6.45, 7) is 7.64. The maximum Gasteiger partial charge on any atom is 0.313 e. The number of unbranched alkanes of at least 4 members (excludes halogenated alkanes) is 6. The Balaban J connectivity index is 3.52. The van der Waals surface area contributed by atoms with Crippen LogP contribution in [-0.2, 0) is 14.3 Å². The van der Waals surface area contributed by atoms with Gasteiger partial charge in [0.25, 0.3) is 0 Å². The van der Waals surface area contributed by atoms with Gasteiger partial charge in [-0.1, -0.05) is 45.4 Å². The lowest BCUT2D eigenvalue weighted by Crippen LogP contribution is -2.25. The predicted molar refractivity (Wildman–Crippen MR) is 78.1 cm³/mol. The van der Waals surface area contributed by atoms with Crippen molar-refractivity contribution in [3.05, 3.63) is 0 Å². The minimum Gasteiger partial charge on any atom is -0.460 e. The molecule has 0 fully saturated rings. The van der Waals surface area contributed by atoms with E-state index in [2.05, 4.69) is 6.92 Å². The van der Waals surface area contributed by atoms with E-state index >= 15 is 0 Å². The second kappa shape index (κ2) is 9.99. The molecule has 0 aromatic carbocycles. The Kier molecular flexibility index (Phi) is 9.54. The van der Waals surface area contributed by atoms with Crippen molar-refractivity contribution in [2.75, 3.05) is 0 Å². The van der Waals surface area contributed by atoms with Gasteiger partial charge < -0.3 is 4.74 Å². The number of rotatable bonds is 10. The number of ketones is 1. The van der Waals surface area contributed by atoms with Crippen molar-refractivity contribution in [1.82, 2.24) is 0 Å². The molecule has 0 N–H and O–H groups in total. The van der Waals surface area contributed by atoms with Crippen molar-refractivity contribution in [3.63, 3.8) is 0 Å². The molecule has 0 aromatic rings. The molecule has 3 nitrogen and oxygen atoms in total. The average molecular weight is 270 g/mol. The van der Waals surface area contributed by atoms with E-state index in [9.17, 15) is 9.59 Å². The highest BCUT2D eigenvalue weighted by molar-refractivity contribution is 5.95. The molecule has 0 rings (SSSR count). The predicted octanol–water partition coefficient (Wildman–Crippen LogP) is 4.43. The van der Waals surface area contributed by atoms with Gasteiger partial charge in [-0.3, -0.25) is 9.59 Å². The topological polar surface area (TPSA) is 43.4 Å². The van der Waals surface area contributed by atoms with Crippen molar-refractivity contribution in [2.45, 2.75) is 91.1 Å². The molecule has 0 spiro atoms. The number of ether oxygens (including phenoxy) is 1. The van der Waals surface area contributed by atoms with Gasteiger partial charge in [-0.25, -0.2) is 0 Å². The summed E-state index contributed by atoms with van der Waals surface area (Å²) in [6, 6.07) is 0. The third-order valence-corrected chi connectivity index (χ3v) is 2.82. The first-order valence-corrected chi connectivity index (χ1v) is 7.58. The summed E-state index contributed by atoms with van der Waals surface area (Å²) in [5.74, 6) is -0.400. The highest BCUT2D eigenvalue weighted by Gasteiger charge is 2.18. The quantitative estimate of drug-likeness (QED) is 0.335. The standard InChI is InChI=1S/C16H30O3/c1-5-6-7-8-9-10-11-12-14(17)13-15(18)19-16(2,3)4/h5-13H2,1-4H3. The van der Waals surface area contributed by atoms with Crippen LogP contribution < -0.4 is 0 Å². The van der Waals surface area contributed by atoms with Gasteiger partial charge in [0, 0.05) is 6.42 Å². The summed E-state index contributed by atoms with van der Waals surface area (Å²) in [6.07, 6.45) is 8.72. The molecule has 0 aliphatic rings. The fourth-order valence-electron chi connectivity index (χ4n) is 1.91. The van der Waals surface area contributed by atoms with Crippen LogP contribution in [0.25, 0.3) is 0 Å². The van der Waals surface area contributed by atoms with E-state index in [-0.39, 0.29) is 12.2 Å². The molecule has 0 saturated heterocycles. The molecular weight excluding hydrogens is 240 g/mol. The summed E-state index contributed by atoms with van der Waals surface area (Å²) in [7, 11) is 0. The van der Waals surface area contributed by atoms with E-state index in [1.807, 2.05) is 20.8 Å². The number of esters is 1. The van der Waals surface area contributed by atoms with Crippen LogP contribution in [0.4, 0.5) is 0 Å². The average Bonchev–Trinajstić information content (AvgIpc) is 2.25. The Morgan fingerprint density at radius 2 is 1.42 bits per heavy atom. The van der Waals surface area contributed by atoms with Crippen LogP contribution in [0, 0.1) is 0 Å². The summed E-state index contributed by atoms with van der Waals surface area (Å²) < 4.78 is 5.12. The number of Topliss-reactive ketones (excluding diaryl/α,β-unsaturated/α-hetero) is 1. The molecule has 3 heteroatoms. The largest absolute Gasteiger partial charge is 0.460 e. The maximum atomic E-state index is 11.6. The van der Waals surface area contributed by atoms with Crippen molar-refractivity contribution in [1.29, 1.82) is 0 Å². The van der Waals surface area contributed by atoms with Gasteiger partial charge in [-0.2, -0.15) is 0 Å². The van der Waals surface area contributed by atoms with E-state index in [1.165, 1.54) is 32.1 Å². The van der Waals surface area contributed by atoms with Gasteiger partial charge in [0.15, 0.2) is 0 Å². The van der Waals surface area contributed by atoms with Gasteiger partial charge in [0.2, 0.25) is 0 Å². The molecule has 0 radical (unpaired) electrons. The van der Waals surface area contributed by atoms with Gasteiger partial charge in [-0.05, 0) is 27.2 Å². The molecule has 19 heavy (non-hydrogen) atoms. The van der Waals surface area contributed by atoms with Crippen LogP contribution in [0.1, 0.15) is 85.5 Å². The molecule has 0 saturated carbocycles. The van der Waals surface area contributed by atoms with Crippen molar-refractivity contribution in [3.8, 4) is 0 Å². The van der Waals surface area contributed by atoms with Gasteiger partial charge in [-0.15, -0.1) is 0 Å². The molecule has 0 aromatic heterocycles. The van der Waals surface area contributed by atoms with Gasteiger partial charge in [0.1, 0.15) is 17.8 Å². The SMILES string of the molecule is CCCCCCCCCC(=O)CC(=O)OC(C)(C)C. The molecule has 0 atom stereocenters. The van der Waals surface area contributed by atoms with E-state index in [1.54, 1.807) is 0 Å². The Morgan fingerprint density at radius 3 is 1.95 bits per heavy atom. The second-order valence-electron chi connectivity index (χ2n) is 6.17. The van der Waals surface area contributed by atoms with Crippen LogP contribution >= 0.6 is 0 Å². The second-order valence-corrected chi connectivity index (χ2v) is 6.17. The van der Waals surface area contributed by atoms with Gasteiger partial charge in [0.05, 0.1) is 0 Å². The third kappa shape index (κ3) is 13.4. The molecule has 0 aliphatic carbocycles. The highest BCUT2D eigenvalue weighted by Crippen LogP contribution is 2.11. The lowest BCUT2D eigenvalue weighted by molar-refractivity contribution is -0.156. The Labute approximate surface area is 118 Å². The van der Waals surface area contributed by atoms with E-state index < -0.39 is 11.6 Å². The molecule has 0 aliphatic heterocycles. The Hall–Kier alpha value is -0.860. The lowest BCUT2D eigenvalue weighted by atomic mass is 10.1. The van der Waals surface area contributed by atoms with Crippen LogP contribution in [0.3, 0.4) is 0 Å². The monoisotopic (exact) mass is 270 g/mol. The number of carbonyl (C=O) groups is 2. The van der Waals surface area contributed by atoms with Crippen LogP contribution in [0.2, 0.25) is 0 Å². The highest BCUT2D eigenvalue weighted by atomic mass is 16.6. The van der Waals surface area contributed by atoms with Crippen LogP contribution in [0.5, 0.6) is 0 Å². The summed E-state index contributed by atoms with van der Waals surface area (Å²) in [5, 5.41) is 0. The minimum absolute atomic E-state index is 0.00260. The number of hydrogen-bond donors (Lipinski definition) is 0. The normalized spacial score (nSPS) is 11.4. The number of carbonyl (C=O) groups excluding carboxylic acids is 2. The van der Waals surface area contributed by atoms with E-state index in [4.69, 9.17) is 4.74 Å². The third-order valence-electron chi connectivity index (χ3n) is 2.82. The smallest absolute Gasteiger partial charge is 0.313 e. The fourth-order valence-corrected chi connectivity index (χ4v) is 1.91. The van der Waals surface area contributed by atoms with Crippen LogP contribution in [0.15, 0.2) is 0 Å². The molecule has 0 unspecified atom stereocenters. The first-order valence-electron chi connectivity index (χ1n) is 7.58. The summed E-state index contributed by atoms with van der Waals surface area (Å²) in [4.78, 5) is 23.0. The molecular formula is C16H30O3. The van der Waals surface area contributed by atoms with Crippen molar-refractivity contribution >= 4 is 11.8 Å². The molecule has 0 amide bonds. The Morgan fingerprint density at radius 1 is 0.895 bits per heavy atom. The zero-order valence-corrected chi connectivity index (χ0v) is 13.1. The molecule has 112 valence electrons. The molecule has 0 heterocycles. The van der Waals surface area contributed by atoms with Crippen LogP contribution in [-0.4, -0.2) is 17.4 Å². The fraction of sp³-hybridized carbons (Fsp3) is 0.875. The summed E-state index contributed by atoms with van der Waals surface area (Å²) >= 11 is 0. The van der Waals surface area contributed by atoms with Crippen molar-refractivity contribution in [2.24, 2.45) is 0 Å². The lowest BCUT2D eigenvalue weighted by Gasteiger charge is -2.19. The first kappa shape index (κ1) is 18.1. The van der Waals surface area contributed by atoms with E-state index in [0.717, 1.165) is 12.8 Å². The first-order chi connectivity index (χ1) is 8.85. The van der Waals surface area contributed by atoms with E-state index in [0.29, 0.717) is 6.42 Å².